The molecule has 0 atom stereocenters. The summed E-state index contributed by atoms with van der Waals surface area (Å²) in [5.41, 5.74) is 5.01. The van der Waals surface area contributed by atoms with Crippen LogP contribution in [0.4, 0.5) is 0 Å². The van der Waals surface area contributed by atoms with Crippen LogP contribution < -0.4 is 15.8 Å². The highest BCUT2D eigenvalue weighted by Crippen LogP contribution is 2.38. The molecule has 1 aliphatic rings. The maximum atomic E-state index is 12.2. The number of sulfonamides is 1. The molecule has 1 aliphatic carbocycles. The van der Waals surface area contributed by atoms with E-state index in [1.54, 1.807) is 0 Å². The smallest absolute Gasteiger partial charge is 0.233 e. The predicted molar refractivity (Wildman–Crippen MR) is 78.2 cm³/mol. The molecule has 1 fully saturated rings. The SMILES string of the molecule is CS(=O)(=O)NCCCNC(=O)C1(C(N)=S)CCCC1. The van der Waals surface area contributed by atoms with Crippen molar-refractivity contribution in [2.45, 2.75) is 32.1 Å². The molecule has 0 spiro atoms. The van der Waals surface area contributed by atoms with Crippen LogP contribution in [0.25, 0.3) is 0 Å². The van der Waals surface area contributed by atoms with Crippen molar-refractivity contribution in [3.63, 3.8) is 0 Å². The molecule has 0 aliphatic heterocycles. The first-order chi connectivity index (χ1) is 8.78. The topological polar surface area (TPSA) is 101 Å². The Hall–Kier alpha value is -0.730. The average molecular weight is 307 g/mol. The highest BCUT2D eigenvalue weighted by Gasteiger charge is 2.43. The third-order valence-corrected chi connectivity index (χ3v) is 4.49. The van der Waals surface area contributed by atoms with Gasteiger partial charge in [-0.3, -0.25) is 4.79 Å². The van der Waals surface area contributed by atoms with E-state index in [0.29, 0.717) is 32.4 Å². The maximum Gasteiger partial charge on any atom is 0.233 e. The second-order valence-corrected chi connectivity index (χ2v) is 7.20. The molecule has 0 unspecified atom stereocenters. The Kier molecular flexibility index (Phi) is 5.69. The van der Waals surface area contributed by atoms with E-state index in [-0.39, 0.29) is 10.9 Å². The molecule has 0 bridgehead atoms. The van der Waals surface area contributed by atoms with Crippen LogP contribution in [0.1, 0.15) is 32.1 Å². The molecule has 0 radical (unpaired) electrons. The molecule has 6 nitrogen and oxygen atoms in total. The van der Waals surface area contributed by atoms with Gasteiger partial charge in [0.2, 0.25) is 15.9 Å². The zero-order valence-corrected chi connectivity index (χ0v) is 12.7. The van der Waals surface area contributed by atoms with Crippen molar-refractivity contribution in [1.82, 2.24) is 10.0 Å². The van der Waals surface area contributed by atoms with E-state index < -0.39 is 15.4 Å². The number of hydrogen-bond acceptors (Lipinski definition) is 4. The van der Waals surface area contributed by atoms with Crippen LogP contribution >= 0.6 is 12.2 Å². The Labute approximate surface area is 119 Å². The van der Waals surface area contributed by atoms with Gasteiger partial charge in [0.05, 0.1) is 16.7 Å². The summed E-state index contributed by atoms with van der Waals surface area (Å²) >= 11 is 5.02. The van der Waals surface area contributed by atoms with Crippen LogP contribution in [0, 0.1) is 5.41 Å². The van der Waals surface area contributed by atoms with Gasteiger partial charge < -0.3 is 11.1 Å². The maximum absolute atomic E-state index is 12.2. The lowest BCUT2D eigenvalue weighted by molar-refractivity contribution is -0.127. The van der Waals surface area contributed by atoms with Gasteiger partial charge in [-0.05, 0) is 19.3 Å². The molecular formula is C11H21N3O3S2. The molecule has 4 N–H and O–H groups in total. The normalized spacial score (nSPS) is 18.2. The molecule has 0 heterocycles. The molecule has 110 valence electrons. The summed E-state index contributed by atoms with van der Waals surface area (Å²) in [7, 11) is -3.17. The lowest BCUT2D eigenvalue weighted by Gasteiger charge is -2.26. The second kappa shape index (κ2) is 6.62. The molecular weight excluding hydrogens is 286 g/mol. The number of rotatable bonds is 7. The van der Waals surface area contributed by atoms with Crippen LogP contribution in [-0.2, 0) is 14.8 Å². The minimum absolute atomic E-state index is 0.128. The Morgan fingerprint density at radius 2 is 1.89 bits per heavy atom. The summed E-state index contributed by atoms with van der Waals surface area (Å²) in [4.78, 5) is 12.4. The summed E-state index contributed by atoms with van der Waals surface area (Å²) in [6, 6.07) is 0. The lowest BCUT2D eigenvalue weighted by Crippen LogP contribution is -2.47. The number of amides is 1. The van der Waals surface area contributed by atoms with Gasteiger partial charge in [-0.15, -0.1) is 0 Å². The number of nitrogens with two attached hydrogens (primary N) is 1. The third kappa shape index (κ3) is 4.70. The Morgan fingerprint density at radius 1 is 1.32 bits per heavy atom. The van der Waals surface area contributed by atoms with Crippen LogP contribution in [0.3, 0.4) is 0 Å². The fourth-order valence-corrected chi connectivity index (χ4v) is 3.09. The Bertz CT molecular complexity index is 442. The lowest BCUT2D eigenvalue weighted by atomic mass is 9.85. The molecule has 19 heavy (non-hydrogen) atoms. The van der Waals surface area contributed by atoms with Crippen LogP contribution in [0.2, 0.25) is 0 Å². The quantitative estimate of drug-likeness (QED) is 0.450. The van der Waals surface area contributed by atoms with Gasteiger partial charge in [-0.1, -0.05) is 25.1 Å². The first kappa shape index (κ1) is 16.3. The van der Waals surface area contributed by atoms with Gasteiger partial charge in [0.1, 0.15) is 0 Å². The first-order valence-electron chi connectivity index (χ1n) is 6.31. The number of hydrogen-bond donors (Lipinski definition) is 3. The fraction of sp³-hybridized carbons (Fsp3) is 0.818. The third-order valence-electron chi connectivity index (χ3n) is 3.37. The summed E-state index contributed by atoms with van der Waals surface area (Å²) in [6.45, 7) is 0.713. The highest BCUT2D eigenvalue weighted by molar-refractivity contribution is 7.88. The van der Waals surface area contributed by atoms with Gasteiger partial charge in [0.15, 0.2) is 0 Å². The van der Waals surface area contributed by atoms with Crippen molar-refractivity contribution in [2.24, 2.45) is 11.1 Å². The summed E-state index contributed by atoms with van der Waals surface area (Å²) < 4.78 is 24.1. The van der Waals surface area contributed by atoms with Gasteiger partial charge in [0, 0.05) is 13.1 Å². The molecule has 0 aromatic heterocycles. The summed E-state index contributed by atoms with van der Waals surface area (Å²) in [5, 5.41) is 2.79. The van der Waals surface area contributed by atoms with Crippen LogP contribution in [-0.4, -0.2) is 38.7 Å². The van der Waals surface area contributed by atoms with E-state index in [0.717, 1.165) is 19.1 Å². The fourth-order valence-electron chi connectivity index (χ4n) is 2.28. The zero-order valence-electron chi connectivity index (χ0n) is 11.1. The van der Waals surface area contributed by atoms with Gasteiger partial charge in [-0.25, -0.2) is 13.1 Å². The van der Waals surface area contributed by atoms with Gasteiger partial charge in [-0.2, -0.15) is 0 Å². The number of carbonyl (C=O) groups is 1. The molecule has 1 rings (SSSR count). The molecule has 0 aromatic carbocycles. The van der Waals surface area contributed by atoms with Gasteiger partial charge >= 0.3 is 0 Å². The monoisotopic (exact) mass is 307 g/mol. The first-order valence-corrected chi connectivity index (χ1v) is 8.61. The molecule has 0 saturated heterocycles. The summed E-state index contributed by atoms with van der Waals surface area (Å²) in [5.74, 6) is -0.128. The van der Waals surface area contributed by atoms with Crippen molar-refractivity contribution in [3.05, 3.63) is 0 Å². The van der Waals surface area contributed by atoms with E-state index in [4.69, 9.17) is 18.0 Å². The predicted octanol–water partition coefficient (Wildman–Crippen LogP) is -0.112. The van der Waals surface area contributed by atoms with Crippen molar-refractivity contribution in [2.75, 3.05) is 19.3 Å². The van der Waals surface area contributed by atoms with Crippen molar-refractivity contribution in [1.29, 1.82) is 0 Å². The zero-order chi connectivity index (χ0) is 14.5. The van der Waals surface area contributed by atoms with E-state index in [9.17, 15) is 13.2 Å². The second-order valence-electron chi connectivity index (χ2n) is 4.93. The molecule has 1 saturated carbocycles. The minimum atomic E-state index is -3.17. The van der Waals surface area contributed by atoms with Crippen molar-refractivity contribution < 1.29 is 13.2 Å². The van der Waals surface area contributed by atoms with E-state index in [1.807, 2.05) is 0 Å². The number of carbonyl (C=O) groups excluding carboxylic acids is 1. The minimum Gasteiger partial charge on any atom is -0.392 e. The van der Waals surface area contributed by atoms with Crippen LogP contribution in [0.5, 0.6) is 0 Å². The molecule has 0 aromatic rings. The van der Waals surface area contributed by atoms with Crippen LogP contribution in [0.15, 0.2) is 0 Å². The molecule has 8 heteroatoms. The summed E-state index contributed by atoms with van der Waals surface area (Å²) in [6.07, 6.45) is 4.96. The number of thiocarbonyl (C=S) groups is 1. The largest absolute Gasteiger partial charge is 0.392 e. The Balaban J connectivity index is 2.36. The van der Waals surface area contributed by atoms with E-state index in [1.165, 1.54) is 0 Å². The Morgan fingerprint density at radius 3 is 2.37 bits per heavy atom. The average Bonchev–Trinajstić information content (AvgIpc) is 2.76. The van der Waals surface area contributed by atoms with E-state index >= 15 is 0 Å². The van der Waals surface area contributed by atoms with Crippen molar-refractivity contribution >= 4 is 33.1 Å². The van der Waals surface area contributed by atoms with Crippen molar-refractivity contribution in [3.8, 4) is 0 Å². The highest BCUT2D eigenvalue weighted by atomic mass is 32.2. The van der Waals surface area contributed by atoms with Gasteiger partial charge in [0.25, 0.3) is 0 Å². The standard InChI is InChI=1S/C11H21N3O3S2/c1-19(16,17)14-8-4-7-13-10(15)11(9(12)18)5-2-3-6-11/h14H,2-8H2,1H3,(H2,12,18)(H,13,15). The van der Waals surface area contributed by atoms with E-state index in [2.05, 4.69) is 10.0 Å². The molecule has 1 amide bonds. The number of nitrogens with one attached hydrogen (secondary N) is 2.